The lowest BCUT2D eigenvalue weighted by atomic mass is 10.1. The summed E-state index contributed by atoms with van der Waals surface area (Å²) < 4.78 is 6.10. The van der Waals surface area contributed by atoms with Crippen molar-refractivity contribution in [2.24, 2.45) is 5.92 Å². The molecule has 3 saturated heterocycles. The van der Waals surface area contributed by atoms with Gasteiger partial charge in [-0.3, -0.25) is 9.80 Å². The molecule has 1 N–H and O–H groups in total. The van der Waals surface area contributed by atoms with E-state index in [9.17, 15) is 0 Å². The van der Waals surface area contributed by atoms with Crippen LogP contribution in [0.1, 0.15) is 25.7 Å². The summed E-state index contributed by atoms with van der Waals surface area (Å²) in [6, 6.07) is 1.50. The third kappa shape index (κ3) is 2.82. The fourth-order valence-corrected chi connectivity index (χ4v) is 4.11. The lowest BCUT2D eigenvalue weighted by molar-refractivity contribution is -0.0635. The van der Waals surface area contributed by atoms with Crippen LogP contribution >= 0.6 is 0 Å². The van der Waals surface area contributed by atoms with Crippen LogP contribution < -0.4 is 5.32 Å². The number of nitrogens with zero attached hydrogens (tertiary/aromatic N) is 2. The van der Waals surface area contributed by atoms with E-state index in [1.54, 1.807) is 0 Å². The van der Waals surface area contributed by atoms with Crippen molar-refractivity contribution >= 4 is 0 Å². The van der Waals surface area contributed by atoms with Crippen LogP contribution in [0.5, 0.6) is 0 Å². The van der Waals surface area contributed by atoms with E-state index < -0.39 is 0 Å². The van der Waals surface area contributed by atoms with Gasteiger partial charge in [-0.1, -0.05) is 0 Å². The summed E-state index contributed by atoms with van der Waals surface area (Å²) in [5, 5.41) is 3.69. The Morgan fingerprint density at radius 1 is 1.11 bits per heavy atom. The molecule has 0 radical (unpaired) electrons. The van der Waals surface area contributed by atoms with E-state index in [0.29, 0.717) is 6.10 Å². The van der Waals surface area contributed by atoms with Gasteiger partial charge in [-0.15, -0.1) is 0 Å². The van der Waals surface area contributed by atoms with Gasteiger partial charge in [0, 0.05) is 44.8 Å². The van der Waals surface area contributed by atoms with Gasteiger partial charge < -0.3 is 10.1 Å². The molecule has 0 aromatic carbocycles. The average molecular weight is 265 g/mol. The standard InChI is InChI=1S/C15H27N3O/c1-2-13-11-19-14(9-18(13)6-1)8-17-7-5-16-15(10-17)12-3-4-12/h12-16H,1-11H2. The van der Waals surface area contributed by atoms with Crippen molar-refractivity contribution in [2.75, 3.05) is 45.9 Å². The Hall–Kier alpha value is -0.160. The summed E-state index contributed by atoms with van der Waals surface area (Å²) >= 11 is 0. The Morgan fingerprint density at radius 3 is 2.95 bits per heavy atom. The molecule has 4 fully saturated rings. The zero-order valence-electron chi connectivity index (χ0n) is 11.9. The van der Waals surface area contributed by atoms with Gasteiger partial charge in [-0.05, 0) is 38.1 Å². The van der Waals surface area contributed by atoms with Crippen LogP contribution in [0.4, 0.5) is 0 Å². The molecule has 0 amide bonds. The second kappa shape index (κ2) is 5.32. The number of rotatable bonds is 3. The molecule has 4 rings (SSSR count). The number of hydrogen-bond donors (Lipinski definition) is 1. The lowest BCUT2D eigenvalue weighted by Gasteiger charge is -2.40. The van der Waals surface area contributed by atoms with Crippen LogP contribution in [0.25, 0.3) is 0 Å². The summed E-state index contributed by atoms with van der Waals surface area (Å²) in [5.41, 5.74) is 0. The number of morpholine rings is 1. The third-order valence-electron chi connectivity index (χ3n) is 5.40. The SMILES string of the molecule is C1CC2COC(CN3CCNC(C4CC4)C3)CN2C1. The van der Waals surface area contributed by atoms with Crippen LogP contribution in [-0.4, -0.2) is 73.9 Å². The number of hydrogen-bond acceptors (Lipinski definition) is 4. The molecule has 1 saturated carbocycles. The first kappa shape index (κ1) is 12.6. The minimum absolute atomic E-state index is 0.451. The van der Waals surface area contributed by atoms with Gasteiger partial charge >= 0.3 is 0 Å². The molecule has 4 heteroatoms. The first-order valence-corrected chi connectivity index (χ1v) is 8.20. The molecule has 4 aliphatic rings. The molecule has 3 unspecified atom stereocenters. The van der Waals surface area contributed by atoms with E-state index in [1.807, 2.05) is 0 Å². The maximum Gasteiger partial charge on any atom is 0.0829 e. The predicted molar refractivity (Wildman–Crippen MR) is 75.3 cm³/mol. The van der Waals surface area contributed by atoms with Gasteiger partial charge in [-0.25, -0.2) is 0 Å². The molecule has 0 bridgehead atoms. The third-order valence-corrected chi connectivity index (χ3v) is 5.40. The molecule has 108 valence electrons. The zero-order chi connectivity index (χ0) is 12.7. The highest BCUT2D eigenvalue weighted by Crippen LogP contribution is 2.33. The molecule has 3 aliphatic heterocycles. The monoisotopic (exact) mass is 265 g/mol. The smallest absolute Gasteiger partial charge is 0.0829 e. The van der Waals surface area contributed by atoms with E-state index in [0.717, 1.165) is 31.2 Å². The topological polar surface area (TPSA) is 27.7 Å². The number of nitrogens with one attached hydrogen (secondary N) is 1. The average Bonchev–Trinajstić information content (AvgIpc) is 3.18. The molecule has 3 heterocycles. The highest BCUT2D eigenvalue weighted by atomic mass is 16.5. The Balaban J connectivity index is 1.28. The van der Waals surface area contributed by atoms with Crippen molar-refractivity contribution in [2.45, 2.75) is 43.9 Å². The van der Waals surface area contributed by atoms with E-state index in [4.69, 9.17) is 4.74 Å². The summed E-state index contributed by atoms with van der Waals surface area (Å²) in [6.07, 6.45) is 6.07. The first-order chi connectivity index (χ1) is 9.38. The maximum absolute atomic E-state index is 6.10. The number of piperazine rings is 1. The minimum Gasteiger partial charge on any atom is -0.374 e. The van der Waals surface area contributed by atoms with Gasteiger partial charge in [0.2, 0.25) is 0 Å². The zero-order valence-corrected chi connectivity index (χ0v) is 11.9. The molecular formula is C15H27N3O. The maximum atomic E-state index is 6.10. The van der Waals surface area contributed by atoms with Gasteiger partial charge in [0.05, 0.1) is 12.7 Å². The first-order valence-electron chi connectivity index (χ1n) is 8.20. The molecule has 0 aromatic rings. The van der Waals surface area contributed by atoms with Crippen LogP contribution in [0.3, 0.4) is 0 Å². The van der Waals surface area contributed by atoms with Gasteiger partial charge in [0.1, 0.15) is 0 Å². The molecule has 4 nitrogen and oxygen atoms in total. The van der Waals surface area contributed by atoms with E-state index in [-0.39, 0.29) is 0 Å². The molecule has 3 atom stereocenters. The minimum atomic E-state index is 0.451. The van der Waals surface area contributed by atoms with Crippen LogP contribution in [0.15, 0.2) is 0 Å². The van der Waals surface area contributed by atoms with Crippen molar-refractivity contribution in [3.05, 3.63) is 0 Å². The fraction of sp³-hybridized carbons (Fsp3) is 1.00. The van der Waals surface area contributed by atoms with E-state index >= 15 is 0 Å². The highest BCUT2D eigenvalue weighted by Gasteiger charge is 2.36. The number of fused-ring (bicyclic) bond motifs is 1. The Labute approximate surface area is 116 Å². The molecule has 0 spiro atoms. The Morgan fingerprint density at radius 2 is 2.05 bits per heavy atom. The summed E-state index contributed by atoms with van der Waals surface area (Å²) in [4.78, 5) is 5.30. The van der Waals surface area contributed by atoms with Gasteiger partial charge in [0.25, 0.3) is 0 Å². The quantitative estimate of drug-likeness (QED) is 0.806. The van der Waals surface area contributed by atoms with Gasteiger partial charge in [-0.2, -0.15) is 0 Å². The van der Waals surface area contributed by atoms with Crippen LogP contribution in [0, 0.1) is 5.92 Å². The van der Waals surface area contributed by atoms with E-state index in [2.05, 4.69) is 15.1 Å². The largest absolute Gasteiger partial charge is 0.374 e. The second-order valence-electron chi connectivity index (χ2n) is 6.90. The molecular weight excluding hydrogens is 238 g/mol. The van der Waals surface area contributed by atoms with Crippen molar-refractivity contribution in [1.82, 2.24) is 15.1 Å². The lowest BCUT2D eigenvalue weighted by Crippen LogP contribution is -2.56. The molecule has 1 aliphatic carbocycles. The predicted octanol–water partition coefficient (Wildman–Crippen LogP) is 0.533. The Bertz CT molecular complexity index is 317. The highest BCUT2D eigenvalue weighted by molar-refractivity contribution is 4.92. The van der Waals surface area contributed by atoms with Crippen LogP contribution in [-0.2, 0) is 4.74 Å². The second-order valence-corrected chi connectivity index (χ2v) is 6.90. The van der Waals surface area contributed by atoms with Crippen molar-refractivity contribution < 1.29 is 4.74 Å². The van der Waals surface area contributed by atoms with Crippen molar-refractivity contribution in [3.8, 4) is 0 Å². The van der Waals surface area contributed by atoms with E-state index in [1.165, 1.54) is 58.4 Å². The summed E-state index contributed by atoms with van der Waals surface area (Å²) in [5.74, 6) is 0.970. The van der Waals surface area contributed by atoms with Crippen molar-refractivity contribution in [3.63, 3.8) is 0 Å². The van der Waals surface area contributed by atoms with Crippen LogP contribution in [0.2, 0.25) is 0 Å². The molecule has 0 aromatic heterocycles. The molecule has 19 heavy (non-hydrogen) atoms. The summed E-state index contributed by atoms with van der Waals surface area (Å²) in [7, 11) is 0. The number of ether oxygens (including phenoxy) is 1. The van der Waals surface area contributed by atoms with Gasteiger partial charge in [0.15, 0.2) is 0 Å². The summed E-state index contributed by atoms with van der Waals surface area (Å²) in [6.45, 7) is 8.21. The fourth-order valence-electron chi connectivity index (χ4n) is 4.11. The normalized spacial score (nSPS) is 41.4. The van der Waals surface area contributed by atoms with Crippen molar-refractivity contribution in [1.29, 1.82) is 0 Å². The Kier molecular flexibility index (Phi) is 3.52.